The van der Waals surface area contributed by atoms with Crippen LogP contribution in [0.4, 0.5) is 0 Å². The molecule has 0 aliphatic carbocycles. The highest BCUT2D eigenvalue weighted by atomic mass is 32.1. The number of aryl methyl sites for hydroxylation is 1. The van der Waals surface area contributed by atoms with E-state index in [1.807, 2.05) is 12.1 Å². The van der Waals surface area contributed by atoms with Gasteiger partial charge >= 0.3 is 0 Å². The summed E-state index contributed by atoms with van der Waals surface area (Å²) in [5.41, 5.74) is 2.16. The van der Waals surface area contributed by atoms with Gasteiger partial charge in [0.15, 0.2) is 0 Å². The third-order valence-corrected chi connectivity index (χ3v) is 2.96. The topological polar surface area (TPSA) is 12.9 Å². The Bertz CT molecular complexity index is 403. The lowest BCUT2D eigenvalue weighted by atomic mass is 10.2. The van der Waals surface area contributed by atoms with Gasteiger partial charge in [0.05, 0.1) is 15.2 Å². The van der Waals surface area contributed by atoms with Crippen LogP contribution in [0.5, 0.6) is 0 Å². The van der Waals surface area contributed by atoms with Crippen molar-refractivity contribution in [3.8, 4) is 0 Å². The number of fused-ring (bicyclic) bond motifs is 1. The summed E-state index contributed by atoms with van der Waals surface area (Å²) in [6.45, 7) is 6.01. The summed E-state index contributed by atoms with van der Waals surface area (Å²) in [6, 6.07) is 6.13. The lowest BCUT2D eigenvalue weighted by Crippen LogP contribution is -1.74. The highest BCUT2D eigenvalue weighted by Crippen LogP contribution is 2.22. The van der Waals surface area contributed by atoms with Gasteiger partial charge in [0.25, 0.3) is 0 Å². The number of thiazole rings is 1. The van der Waals surface area contributed by atoms with Gasteiger partial charge in [-0.15, -0.1) is 11.3 Å². The Morgan fingerprint density at radius 1 is 1.50 bits per heavy atom. The average Bonchev–Trinajstić information content (AvgIpc) is 2.46. The second-order valence-electron chi connectivity index (χ2n) is 2.76. The highest BCUT2D eigenvalue weighted by Gasteiger charge is 2.00. The molecule has 1 radical (unpaired) electrons. The Morgan fingerprint density at radius 3 is 3.08 bits per heavy atom. The van der Waals surface area contributed by atoms with Crippen LogP contribution in [0.2, 0.25) is 0 Å². The molecule has 0 unspecified atom stereocenters. The molecule has 0 bridgehead atoms. The fraction of sp³-hybridized carbons (Fsp3) is 0.200. The maximum atomic E-state index is 4.46. The minimum absolute atomic E-state index is 1.02. The molecule has 1 aromatic heterocycles. The monoisotopic (exact) mass is 176 g/mol. The largest absolute Gasteiger partial charge is 0.241 e. The second-order valence-corrected chi connectivity index (χ2v) is 3.88. The summed E-state index contributed by atoms with van der Waals surface area (Å²) in [7, 11) is 0. The minimum Gasteiger partial charge on any atom is -0.241 e. The lowest BCUT2D eigenvalue weighted by molar-refractivity contribution is 1.11. The number of aromatic nitrogens is 1. The molecule has 2 aromatic rings. The standard InChI is InChI=1S/C10H10NS/c1-3-10-11-8-5-4-7(2)6-9(8)12-10/h4-6H,2-3H2,1H3. The molecule has 0 saturated heterocycles. The van der Waals surface area contributed by atoms with Crippen LogP contribution in [0.3, 0.4) is 0 Å². The van der Waals surface area contributed by atoms with E-state index in [4.69, 9.17) is 0 Å². The van der Waals surface area contributed by atoms with E-state index in [9.17, 15) is 0 Å². The van der Waals surface area contributed by atoms with Crippen LogP contribution in [-0.4, -0.2) is 4.98 Å². The average molecular weight is 176 g/mol. The van der Waals surface area contributed by atoms with E-state index in [0.717, 1.165) is 17.5 Å². The van der Waals surface area contributed by atoms with Crippen LogP contribution < -0.4 is 0 Å². The first kappa shape index (κ1) is 7.74. The molecule has 0 aliphatic heterocycles. The maximum Gasteiger partial charge on any atom is 0.0935 e. The molecule has 0 saturated carbocycles. The van der Waals surface area contributed by atoms with Crippen molar-refractivity contribution >= 4 is 21.6 Å². The SMILES string of the molecule is [CH2]c1ccc2nc(CC)sc2c1. The molecule has 0 aliphatic rings. The Labute approximate surface area is 76.1 Å². The molecule has 61 valence electrons. The minimum atomic E-state index is 1.02. The summed E-state index contributed by atoms with van der Waals surface area (Å²) < 4.78 is 1.25. The zero-order valence-corrected chi connectivity index (χ0v) is 7.82. The van der Waals surface area contributed by atoms with Crippen molar-refractivity contribution in [3.63, 3.8) is 0 Å². The van der Waals surface area contributed by atoms with Crippen molar-refractivity contribution < 1.29 is 0 Å². The van der Waals surface area contributed by atoms with Crippen LogP contribution >= 0.6 is 11.3 Å². The zero-order valence-electron chi connectivity index (χ0n) is 7.00. The predicted octanol–water partition coefficient (Wildman–Crippen LogP) is 3.04. The summed E-state index contributed by atoms with van der Waals surface area (Å²) in [5, 5.41) is 1.20. The summed E-state index contributed by atoms with van der Waals surface area (Å²) in [5.74, 6) is 0. The Kier molecular flexibility index (Phi) is 1.85. The predicted molar refractivity (Wildman–Crippen MR) is 53.5 cm³/mol. The normalized spacial score (nSPS) is 10.8. The van der Waals surface area contributed by atoms with E-state index in [-0.39, 0.29) is 0 Å². The molecular formula is C10H10NS. The van der Waals surface area contributed by atoms with Crippen LogP contribution in [0, 0.1) is 6.92 Å². The fourth-order valence-corrected chi connectivity index (χ4v) is 2.14. The summed E-state index contributed by atoms with van der Waals surface area (Å²) in [6.07, 6.45) is 1.02. The van der Waals surface area contributed by atoms with Gasteiger partial charge in [-0.25, -0.2) is 4.98 Å². The van der Waals surface area contributed by atoms with Crippen molar-refractivity contribution in [2.45, 2.75) is 13.3 Å². The zero-order chi connectivity index (χ0) is 8.55. The van der Waals surface area contributed by atoms with Gasteiger partial charge in [-0.05, 0) is 31.0 Å². The lowest BCUT2D eigenvalue weighted by Gasteiger charge is -1.88. The molecule has 0 spiro atoms. The van der Waals surface area contributed by atoms with Crippen molar-refractivity contribution in [3.05, 3.63) is 35.7 Å². The fourth-order valence-electron chi connectivity index (χ4n) is 1.17. The third-order valence-electron chi connectivity index (χ3n) is 1.80. The number of hydrogen-bond acceptors (Lipinski definition) is 2. The Balaban J connectivity index is 2.67. The molecule has 1 aromatic carbocycles. The van der Waals surface area contributed by atoms with Gasteiger partial charge in [0.1, 0.15) is 0 Å². The second kappa shape index (κ2) is 2.87. The summed E-state index contributed by atoms with van der Waals surface area (Å²) >= 11 is 1.76. The van der Waals surface area contributed by atoms with Crippen LogP contribution in [0.25, 0.3) is 10.2 Å². The first-order chi connectivity index (χ1) is 5.79. The molecule has 0 N–H and O–H groups in total. The van der Waals surface area contributed by atoms with Gasteiger partial charge in [-0.3, -0.25) is 0 Å². The smallest absolute Gasteiger partial charge is 0.0935 e. The van der Waals surface area contributed by atoms with Crippen molar-refractivity contribution in [1.82, 2.24) is 4.98 Å². The Morgan fingerprint density at radius 2 is 2.33 bits per heavy atom. The van der Waals surface area contributed by atoms with Crippen molar-refractivity contribution in [1.29, 1.82) is 0 Å². The molecule has 0 atom stereocenters. The number of hydrogen-bond donors (Lipinski definition) is 0. The van der Waals surface area contributed by atoms with Gasteiger partial charge in [-0.1, -0.05) is 13.0 Å². The van der Waals surface area contributed by atoms with Crippen LogP contribution in [0.15, 0.2) is 18.2 Å². The quantitative estimate of drug-likeness (QED) is 0.650. The van der Waals surface area contributed by atoms with E-state index in [1.54, 1.807) is 11.3 Å². The van der Waals surface area contributed by atoms with Crippen LogP contribution in [0.1, 0.15) is 17.5 Å². The first-order valence-corrected chi connectivity index (χ1v) is 4.82. The molecule has 2 heteroatoms. The first-order valence-electron chi connectivity index (χ1n) is 4.01. The summed E-state index contributed by atoms with van der Waals surface area (Å²) in [4.78, 5) is 4.46. The van der Waals surface area contributed by atoms with E-state index in [1.165, 1.54) is 9.71 Å². The maximum absolute atomic E-state index is 4.46. The van der Waals surface area contributed by atoms with E-state index < -0.39 is 0 Å². The van der Waals surface area contributed by atoms with Gasteiger partial charge in [0, 0.05) is 0 Å². The molecule has 2 rings (SSSR count). The van der Waals surface area contributed by atoms with Gasteiger partial charge in [0.2, 0.25) is 0 Å². The van der Waals surface area contributed by atoms with Gasteiger partial charge in [-0.2, -0.15) is 0 Å². The molecule has 1 heterocycles. The van der Waals surface area contributed by atoms with E-state index >= 15 is 0 Å². The highest BCUT2D eigenvalue weighted by molar-refractivity contribution is 7.18. The van der Waals surface area contributed by atoms with Crippen LogP contribution in [-0.2, 0) is 6.42 Å². The third kappa shape index (κ3) is 1.23. The molecule has 12 heavy (non-hydrogen) atoms. The van der Waals surface area contributed by atoms with Crippen molar-refractivity contribution in [2.75, 3.05) is 0 Å². The van der Waals surface area contributed by atoms with Crippen molar-refractivity contribution in [2.24, 2.45) is 0 Å². The molecule has 0 amide bonds. The van der Waals surface area contributed by atoms with E-state index in [0.29, 0.717) is 0 Å². The number of nitrogens with zero attached hydrogens (tertiary/aromatic N) is 1. The van der Waals surface area contributed by atoms with E-state index in [2.05, 4.69) is 24.9 Å². The molecule has 1 nitrogen and oxygen atoms in total. The van der Waals surface area contributed by atoms with Gasteiger partial charge < -0.3 is 0 Å². The Hall–Kier alpha value is -0.890. The molecule has 0 fully saturated rings. The molecular weight excluding hydrogens is 166 g/mol. The number of benzene rings is 1. The number of rotatable bonds is 1.